The molecule has 1 aromatic rings. The fourth-order valence-electron chi connectivity index (χ4n) is 2.41. The quantitative estimate of drug-likeness (QED) is 0.806. The third kappa shape index (κ3) is 4.71. The van der Waals surface area contributed by atoms with Gasteiger partial charge in [-0.15, -0.1) is 0 Å². The molecule has 20 heavy (non-hydrogen) atoms. The number of nitrogens with two attached hydrogens (primary N) is 1. The van der Waals surface area contributed by atoms with E-state index >= 15 is 0 Å². The van der Waals surface area contributed by atoms with Gasteiger partial charge in [0.25, 0.3) is 0 Å². The van der Waals surface area contributed by atoms with Crippen molar-refractivity contribution in [1.82, 2.24) is 4.90 Å². The predicted octanol–water partition coefficient (Wildman–Crippen LogP) is 3.79. The van der Waals surface area contributed by atoms with Gasteiger partial charge in [-0.25, -0.2) is 0 Å². The first-order chi connectivity index (χ1) is 9.35. The molecule has 0 amide bonds. The molecule has 2 rings (SSSR count). The molecule has 5 heteroatoms. The maximum Gasteiger partial charge on any atom is 0.401 e. The Morgan fingerprint density at radius 1 is 1.25 bits per heavy atom. The molecule has 0 aromatic heterocycles. The predicted molar refractivity (Wildman–Crippen MR) is 74.5 cm³/mol. The molecule has 1 aliphatic rings. The SMILES string of the molecule is CC(CCN(CC(F)(F)F)C1CC1)c1ccc(N)cc1. The third-order valence-electron chi connectivity index (χ3n) is 3.80. The summed E-state index contributed by atoms with van der Waals surface area (Å²) in [5.41, 5.74) is 7.47. The number of anilines is 1. The van der Waals surface area contributed by atoms with Gasteiger partial charge < -0.3 is 5.73 Å². The van der Waals surface area contributed by atoms with Crippen molar-refractivity contribution in [2.45, 2.75) is 44.3 Å². The number of nitrogen functional groups attached to an aromatic ring is 1. The Bertz CT molecular complexity index is 424. The summed E-state index contributed by atoms with van der Waals surface area (Å²) in [6.45, 7) is 1.76. The highest BCUT2D eigenvalue weighted by molar-refractivity contribution is 5.40. The summed E-state index contributed by atoms with van der Waals surface area (Å²) < 4.78 is 37.6. The third-order valence-corrected chi connectivity index (χ3v) is 3.80. The van der Waals surface area contributed by atoms with E-state index in [0.29, 0.717) is 12.2 Å². The highest BCUT2D eigenvalue weighted by Gasteiger charge is 2.37. The van der Waals surface area contributed by atoms with E-state index in [1.54, 1.807) is 4.90 Å². The molecule has 1 fully saturated rings. The van der Waals surface area contributed by atoms with E-state index in [1.807, 2.05) is 31.2 Å². The Hall–Kier alpha value is -1.23. The molecule has 2 nitrogen and oxygen atoms in total. The van der Waals surface area contributed by atoms with E-state index in [4.69, 9.17) is 5.73 Å². The Morgan fingerprint density at radius 3 is 2.35 bits per heavy atom. The van der Waals surface area contributed by atoms with Crippen LogP contribution in [0.4, 0.5) is 18.9 Å². The molecule has 0 radical (unpaired) electrons. The topological polar surface area (TPSA) is 29.3 Å². The van der Waals surface area contributed by atoms with Gasteiger partial charge in [0.15, 0.2) is 0 Å². The summed E-state index contributed by atoms with van der Waals surface area (Å²) in [6.07, 6.45) is -1.58. The zero-order valence-electron chi connectivity index (χ0n) is 11.7. The lowest BCUT2D eigenvalue weighted by molar-refractivity contribution is -0.147. The average Bonchev–Trinajstić information content (AvgIpc) is 3.17. The summed E-state index contributed by atoms with van der Waals surface area (Å²) in [7, 11) is 0. The van der Waals surface area contributed by atoms with Crippen LogP contribution in [0.15, 0.2) is 24.3 Å². The van der Waals surface area contributed by atoms with Crippen LogP contribution in [0.2, 0.25) is 0 Å². The highest BCUT2D eigenvalue weighted by Crippen LogP contribution is 2.31. The van der Waals surface area contributed by atoms with Crippen molar-refractivity contribution >= 4 is 5.69 Å². The minimum Gasteiger partial charge on any atom is -0.399 e. The summed E-state index contributed by atoms with van der Waals surface area (Å²) in [5, 5.41) is 0. The van der Waals surface area contributed by atoms with Crippen molar-refractivity contribution < 1.29 is 13.2 Å². The number of nitrogens with zero attached hydrogens (tertiary/aromatic N) is 1. The first-order valence-electron chi connectivity index (χ1n) is 7.01. The van der Waals surface area contributed by atoms with Crippen molar-refractivity contribution in [3.63, 3.8) is 0 Å². The van der Waals surface area contributed by atoms with Crippen molar-refractivity contribution in [3.05, 3.63) is 29.8 Å². The maximum absolute atomic E-state index is 12.5. The van der Waals surface area contributed by atoms with E-state index < -0.39 is 12.7 Å². The second kappa shape index (κ2) is 6.04. The van der Waals surface area contributed by atoms with Crippen molar-refractivity contribution in [1.29, 1.82) is 0 Å². The fraction of sp³-hybridized carbons (Fsp3) is 0.600. The van der Waals surface area contributed by atoms with Crippen molar-refractivity contribution in [2.24, 2.45) is 0 Å². The molecular formula is C15H21F3N2. The van der Waals surface area contributed by atoms with E-state index in [-0.39, 0.29) is 12.0 Å². The number of hydrogen-bond donors (Lipinski definition) is 1. The van der Waals surface area contributed by atoms with Crippen LogP contribution < -0.4 is 5.73 Å². The Labute approximate surface area is 117 Å². The van der Waals surface area contributed by atoms with Crippen LogP contribution in [0.25, 0.3) is 0 Å². The molecule has 0 saturated heterocycles. The number of hydrogen-bond acceptors (Lipinski definition) is 2. The van der Waals surface area contributed by atoms with Crippen LogP contribution in [0.1, 0.15) is 37.7 Å². The first kappa shape index (κ1) is 15.2. The van der Waals surface area contributed by atoms with Crippen molar-refractivity contribution in [2.75, 3.05) is 18.8 Å². The standard InChI is InChI=1S/C15H21F3N2/c1-11(12-2-4-13(19)5-3-12)8-9-20(14-6-7-14)10-15(16,17)18/h2-5,11,14H,6-10,19H2,1H3. The Balaban J connectivity index is 1.87. The van der Waals surface area contributed by atoms with E-state index in [2.05, 4.69) is 0 Å². The molecule has 0 bridgehead atoms. The maximum atomic E-state index is 12.5. The molecule has 1 aliphatic carbocycles. The number of alkyl halides is 3. The normalized spacial score (nSPS) is 17.4. The van der Waals surface area contributed by atoms with Gasteiger partial charge >= 0.3 is 6.18 Å². The highest BCUT2D eigenvalue weighted by atomic mass is 19.4. The average molecular weight is 286 g/mol. The molecule has 2 N–H and O–H groups in total. The lowest BCUT2D eigenvalue weighted by Gasteiger charge is -2.25. The van der Waals surface area contributed by atoms with Crippen LogP contribution in [0, 0.1) is 0 Å². The van der Waals surface area contributed by atoms with Gasteiger partial charge in [-0.05, 0) is 49.4 Å². The molecule has 1 aromatic carbocycles. The van der Waals surface area contributed by atoms with E-state index in [9.17, 15) is 13.2 Å². The van der Waals surface area contributed by atoms with Gasteiger partial charge in [0.2, 0.25) is 0 Å². The van der Waals surface area contributed by atoms with Crippen LogP contribution in [-0.2, 0) is 0 Å². The monoisotopic (exact) mass is 286 g/mol. The lowest BCUT2D eigenvalue weighted by atomic mass is 9.97. The molecule has 0 spiro atoms. The second-order valence-corrected chi connectivity index (χ2v) is 5.67. The van der Waals surface area contributed by atoms with Gasteiger partial charge in [-0.3, -0.25) is 4.90 Å². The molecule has 112 valence electrons. The number of benzene rings is 1. The zero-order chi connectivity index (χ0) is 14.8. The summed E-state index contributed by atoms with van der Waals surface area (Å²) in [4.78, 5) is 1.58. The minimum absolute atomic E-state index is 0.134. The zero-order valence-corrected chi connectivity index (χ0v) is 11.7. The molecule has 1 unspecified atom stereocenters. The fourth-order valence-corrected chi connectivity index (χ4v) is 2.41. The van der Waals surface area contributed by atoms with Gasteiger partial charge in [-0.1, -0.05) is 19.1 Å². The number of rotatable bonds is 6. The van der Waals surface area contributed by atoms with E-state index in [0.717, 1.165) is 24.8 Å². The molecular weight excluding hydrogens is 265 g/mol. The van der Waals surface area contributed by atoms with Crippen LogP contribution >= 0.6 is 0 Å². The smallest absolute Gasteiger partial charge is 0.399 e. The first-order valence-corrected chi connectivity index (χ1v) is 7.01. The van der Waals surface area contributed by atoms with Crippen LogP contribution in [0.3, 0.4) is 0 Å². The Kier molecular flexibility index (Phi) is 4.58. The lowest BCUT2D eigenvalue weighted by Crippen LogP contribution is -2.37. The molecule has 0 heterocycles. The largest absolute Gasteiger partial charge is 0.401 e. The van der Waals surface area contributed by atoms with Crippen LogP contribution in [-0.4, -0.2) is 30.2 Å². The minimum atomic E-state index is -4.10. The molecule has 1 atom stereocenters. The summed E-state index contributed by atoms with van der Waals surface area (Å²) in [5.74, 6) is 0.241. The van der Waals surface area contributed by atoms with Gasteiger partial charge in [0, 0.05) is 11.7 Å². The second-order valence-electron chi connectivity index (χ2n) is 5.67. The van der Waals surface area contributed by atoms with Gasteiger partial charge in [0.1, 0.15) is 0 Å². The summed E-state index contributed by atoms with van der Waals surface area (Å²) in [6, 6.07) is 7.70. The van der Waals surface area contributed by atoms with Gasteiger partial charge in [-0.2, -0.15) is 13.2 Å². The van der Waals surface area contributed by atoms with E-state index in [1.165, 1.54) is 0 Å². The molecule has 0 aliphatic heterocycles. The molecule has 1 saturated carbocycles. The number of halogens is 3. The van der Waals surface area contributed by atoms with Crippen LogP contribution in [0.5, 0.6) is 0 Å². The van der Waals surface area contributed by atoms with Gasteiger partial charge in [0.05, 0.1) is 6.54 Å². The Morgan fingerprint density at radius 2 is 1.85 bits per heavy atom. The summed E-state index contributed by atoms with van der Waals surface area (Å²) >= 11 is 0. The van der Waals surface area contributed by atoms with Crippen molar-refractivity contribution in [3.8, 4) is 0 Å².